The average molecular weight is 569 g/mol. The van der Waals surface area contributed by atoms with E-state index in [1.807, 2.05) is 134 Å². The van der Waals surface area contributed by atoms with E-state index in [9.17, 15) is 4.79 Å². The molecule has 228 valence electrons. The summed E-state index contributed by atoms with van der Waals surface area (Å²) < 4.78 is 32.3. The van der Waals surface area contributed by atoms with Gasteiger partial charge in [0.1, 0.15) is 28.0 Å². The first kappa shape index (κ1) is 34.1. The van der Waals surface area contributed by atoms with Gasteiger partial charge in [-0.25, -0.2) is 0 Å². The number of hydrogen-bond acceptors (Lipinski definition) is 6. The Kier molecular flexibility index (Phi) is 9.96. The van der Waals surface area contributed by atoms with Crippen molar-refractivity contribution in [1.82, 2.24) is 0 Å². The molecule has 0 aliphatic carbocycles. The summed E-state index contributed by atoms with van der Waals surface area (Å²) in [5.41, 5.74) is -2.03. The molecular formula is C35H52O6. The Morgan fingerprint density at radius 2 is 1.00 bits per heavy atom. The predicted octanol–water partition coefficient (Wildman–Crippen LogP) is 9.43. The lowest BCUT2D eigenvalue weighted by Gasteiger charge is -2.34. The maximum absolute atomic E-state index is 14.5. The van der Waals surface area contributed by atoms with Crippen molar-refractivity contribution in [3.8, 4) is 23.0 Å². The average Bonchev–Trinajstić information content (AvgIpc) is 2.73. The first-order valence-corrected chi connectivity index (χ1v) is 14.3. The lowest BCUT2D eigenvalue weighted by atomic mass is 10.0. The molecule has 2 aromatic rings. The van der Waals surface area contributed by atoms with Crippen LogP contribution in [0.15, 0.2) is 42.2 Å². The quantitative estimate of drug-likeness (QED) is 0.180. The molecule has 0 atom stereocenters. The summed E-state index contributed by atoms with van der Waals surface area (Å²) in [6.45, 7) is 29.0. The van der Waals surface area contributed by atoms with Gasteiger partial charge in [0.2, 0.25) is 17.3 Å². The predicted molar refractivity (Wildman–Crippen MR) is 168 cm³/mol. The number of carbonyl (C=O) groups excluding carboxylic acids is 1. The Morgan fingerprint density at radius 3 is 1.44 bits per heavy atom. The summed E-state index contributed by atoms with van der Waals surface area (Å²) in [7, 11) is 0. The van der Waals surface area contributed by atoms with Crippen LogP contribution in [0.2, 0.25) is 0 Å². The van der Waals surface area contributed by atoms with E-state index in [0.29, 0.717) is 17.2 Å². The molecule has 0 radical (unpaired) electrons. The molecular weight excluding hydrogens is 516 g/mol. The summed E-state index contributed by atoms with van der Waals surface area (Å²) in [6, 6.07) is 11.3. The van der Waals surface area contributed by atoms with Crippen molar-refractivity contribution in [3.63, 3.8) is 0 Å². The summed E-state index contributed by atoms with van der Waals surface area (Å²) in [6.07, 6.45) is 1.75. The van der Waals surface area contributed by atoms with Crippen molar-refractivity contribution in [2.45, 2.75) is 132 Å². The van der Waals surface area contributed by atoms with Gasteiger partial charge in [0.15, 0.2) is 17.3 Å². The molecule has 0 aromatic heterocycles. The zero-order valence-electron chi connectivity index (χ0n) is 28.0. The largest absolute Gasteiger partial charge is 0.484 e. The highest BCUT2D eigenvalue weighted by Crippen LogP contribution is 2.52. The van der Waals surface area contributed by atoms with Gasteiger partial charge in [-0.2, -0.15) is 0 Å². The van der Waals surface area contributed by atoms with Crippen LogP contribution in [0.1, 0.15) is 120 Å². The van der Waals surface area contributed by atoms with Crippen LogP contribution in [0.5, 0.6) is 23.0 Å². The fourth-order valence-electron chi connectivity index (χ4n) is 3.69. The third kappa shape index (κ3) is 11.7. The second-order valence-electron chi connectivity index (χ2n) is 15.2. The summed E-state index contributed by atoms with van der Waals surface area (Å²) in [4.78, 5) is 14.5. The molecule has 6 nitrogen and oxygen atoms in total. The summed E-state index contributed by atoms with van der Waals surface area (Å²) >= 11 is 0. The van der Waals surface area contributed by atoms with Crippen molar-refractivity contribution in [2.75, 3.05) is 0 Å². The highest BCUT2D eigenvalue weighted by atomic mass is 16.6. The molecule has 0 saturated carbocycles. The lowest BCUT2D eigenvalue weighted by molar-refractivity contribution is 0.0436. The Balaban J connectivity index is 3.05. The molecule has 0 aliphatic rings. The monoisotopic (exact) mass is 568 g/mol. The van der Waals surface area contributed by atoms with Gasteiger partial charge in [0, 0.05) is 0 Å². The smallest absolute Gasteiger partial charge is 0.231 e. The van der Waals surface area contributed by atoms with Crippen molar-refractivity contribution in [3.05, 3.63) is 53.3 Å². The SMILES string of the molecule is CC(C)(C)OC(=Cc1ccccc1)C(=O)c1cc(OC(C)(C)C)c(OC(C)(C)C)c(OC(C)(C)C)c1OC(C)(C)C. The van der Waals surface area contributed by atoms with Gasteiger partial charge in [-0.05, 0) is 122 Å². The second-order valence-corrected chi connectivity index (χ2v) is 15.2. The maximum atomic E-state index is 14.5. The first-order valence-electron chi connectivity index (χ1n) is 14.3. The van der Waals surface area contributed by atoms with Crippen LogP contribution in [-0.2, 0) is 4.74 Å². The van der Waals surface area contributed by atoms with Crippen LogP contribution in [0.3, 0.4) is 0 Å². The van der Waals surface area contributed by atoms with Gasteiger partial charge >= 0.3 is 0 Å². The molecule has 2 aromatic carbocycles. The van der Waals surface area contributed by atoms with Crippen molar-refractivity contribution >= 4 is 11.9 Å². The zero-order valence-corrected chi connectivity index (χ0v) is 28.0. The fraction of sp³-hybridized carbons (Fsp3) is 0.571. The maximum Gasteiger partial charge on any atom is 0.231 e. The number of ether oxygens (including phenoxy) is 5. The van der Waals surface area contributed by atoms with Gasteiger partial charge in [0.25, 0.3) is 0 Å². The topological polar surface area (TPSA) is 63.2 Å². The molecule has 0 saturated heterocycles. The van der Waals surface area contributed by atoms with Crippen LogP contribution in [0.25, 0.3) is 6.08 Å². The molecule has 0 unspecified atom stereocenters. The van der Waals surface area contributed by atoms with Crippen molar-refractivity contribution < 1.29 is 28.5 Å². The van der Waals surface area contributed by atoms with Gasteiger partial charge in [0.05, 0.1) is 5.56 Å². The molecule has 41 heavy (non-hydrogen) atoms. The van der Waals surface area contributed by atoms with E-state index in [0.717, 1.165) is 5.56 Å². The Hall–Kier alpha value is -3.15. The lowest BCUT2D eigenvalue weighted by Crippen LogP contribution is -2.31. The van der Waals surface area contributed by atoms with E-state index in [1.165, 1.54) is 0 Å². The standard InChI is InChI=1S/C35H52O6/c1-31(2,3)37-25(21-23-19-17-16-18-20-23)27(36)24-22-26(38-32(4,5)6)29(40-34(10,11)12)30(41-35(13,14)15)28(24)39-33(7,8)9/h16-22H,1-15H3. The zero-order chi connectivity index (χ0) is 31.6. The molecule has 0 bridgehead atoms. The van der Waals surface area contributed by atoms with Crippen molar-refractivity contribution in [1.29, 1.82) is 0 Å². The van der Waals surface area contributed by atoms with Gasteiger partial charge in [-0.1, -0.05) is 30.3 Å². The van der Waals surface area contributed by atoms with E-state index in [1.54, 1.807) is 12.1 Å². The third-order valence-electron chi connectivity index (χ3n) is 4.78. The van der Waals surface area contributed by atoms with Crippen LogP contribution in [0.4, 0.5) is 0 Å². The molecule has 0 spiro atoms. The molecule has 0 heterocycles. The van der Waals surface area contributed by atoms with Crippen LogP contribution < -0.4 is 18.9 Å². The molecule has 0 aliphatic heterocycles. The number of carbonyl (C=O) groups is 1. The molecule has 6 heteroatoms. The number of benzene rings is 2. The summed E-state index contributed by atoms with van der Waals surface area (Å²) in [5.74, 6) is 1.16. The first-order chi connectivity index (χ1) is 18.3. The molecule has 2 rings (SSSR count). The summed E-state index contributed by atoms with van der Waals surface area (Å²) in [5, 5.41) is 0. The van der Waals surface area contributed by atoms with Gasteiger partial charge in [-0.15, -0.1) is 0 Å². The van der Waals surface area contributed by atoms with Gasteiger partial charge < -0.3 is 23.7 Å². The van der Waals surface area contributed by atoms with Crippen LogP contribution in [-0.4, -0.2) is 33.8 Å². The Labute approximate surface area is 248 Å². The highest BCUT2D eigenvalue weighted by Gasteiger charge is 2.36. The third-order valence-corrected chi connectivity index (χ3v) is 4.78. The highest BCUT2D eigenvalue weighted by molar-refractivity contribution is 6.12. The minimum Gasteiger partial charge on any atom is -0.484 e. The number of hydrogen-bond donors (Lipinski definition) is 0. The van der Waals surface area contributed by atoms with Crippen LogP contribution in [0, 0.1) is 0 Å². The van der Waals surface area contributed by atoms with Crippen molar-refractivity contribution in [2.24, 2.45) is 0 Å². The number of Topliss-reactive ketones (excluding diaryl/α,β-unsaturated/α-hetero) is 1. The van der Waals surface area contributed by atoms with E-state index < -0.39 is 28.0 Å². The Morgan fingerprint density at radius 1 is 0.561 bits per heavy atom. The second kappa shape index (κ2) is 12.0. The molecule has 0 fully saturated rings. The van der Waals surface area contributed by atoms with E-state index in [4.69, 9.17) is 23.7 Å². The fourth-order valence-corrected chi connectivity index (χ4v) is 3.69. The Bertz CT molecular complexity index is 1220. The van der Waals surface area contributed by atoms with E-state index in [2.05, 4.69) is 0 Å². The van der Waals surface area contributed by atoms with E-state index in [-0.39, 0.29) is 22.9 Å². The number of rotatable bonds is 8. The minimum atomic E-state index is -0.662. The minimum absolute atomic E-state index is 0.176. The van der Waals surface area contributed by atoms with Crippen LogP contribution >= 0.6 is 0 Å². The normalized spacial score (nSPS) is 13.5. The molecule has 0 amide bonds. The van der Waals surface area contributed by atoms with Gasteiger partial charge in [-0.3, -0.25) is 4.79 Å². The van der Waals surface area contributed by atoms with E-state index >= 15 is 0 Å². The molecule has 0 N–H and O–H groups in total. The number of ketones is 1. The number of allylic oxidation sites excluding steroid dienone is 1.